The topological polar surface area (TPSA) is 29.1 Å². The average molecular weight is 260 g/mol. The molecule has 3 heteroatoms. The molecule has 0 bridgehead atoms. The molecule has 1 N–H and O–H groups in total. The van der Waals surface area contributed by atoms with Crippen LogP contribution in [-0.2, 0) is 4.79 Å². The predicted molar refractivity (Wildman–Crippen MR) is 73.3 cm³/mol. The van der Waals surface area contributed by atoms with Gasteiger partial charge in [-0.05, 0) is 31.1 Å². The van der Waals surface area contributed by atoms with Crippen molar-refractivity contribution in [2.24, 2.45) is 11.3 Å². The molecule has 1 fully saturated rings. The molecule has 0 spiro atoms. The van der Waals surface area contributed by atoms with E-state index in [9.17, 15) is 4.79 Å². The molecule has 1 aliphatic rings. The molecule has 1 amide bonds. The van der Waals surface area contributed by atoms with Gasteiger partial charge in [0, 0.05) is 18.3 Å². The fraction of sp³-hybridized carbons (Fsp3) is 0.929. The van der Waals surface area contributed by atoms with Gasteiger partial charge in [0.05, 0.1) is 0 Å². The minimum atomic E-state index is 0.197. The summed E-state index contributed by atoms with van der Waals surface area (Å²) in [5.41, 5.74) is 0.197. The Morgan fingerprint density at radius 2 is 2.00 bits per heavy atom. The Morgan fingerprint density at radius 1 is 1.29 bits per heavy atom. The Bertz CT molecular complexity index is 240. The summed E-state index contributed by atoms with van der Waals surface area (Å²) in [5, 5.41) is 3.09. The lowest BCUT2D eigenvalue weighted by molar-refractivity contribution is -0.127. The van der Waals surface area contributed by atoms with Crippen molar-refractivity contribution in [2.45, 2.75) is 58.8 Å². The van der Waals surface area contributed by atoms with Crippen LogP contribution in [0, 0.1) is 11.3 Å². The smallest absolute Gasteiger partial charge is 0.223 e. The Balaban J connectivity index is 2.13. The van der Waals surface area contributed by atoms with E-state index < -0.39 is 0 Å². The lowest BCUT2D eigenvalue weighted by Gasteiger charge is -2.25. The van der Waals surface area contributed by atoms with Crippen LogP contribution in [0.25, 0.3) is 0 Å². The van der Waals surface area contributed by atoms with Gasteiger partial charge in [0.15, 0.2) is 0 Å². The number of alkyl halides is 1. The van der Waals surface area contributed by atoms with E-state index in [0.717, 1.165) is 31.7 Å². The number of unbranched alkanes of at least 4 members (excludes halogenated alkanes) is 3. The zero-order valence-electron chi connectivity index (χ0n) is 11.2. The van der Waals surface area contributed by atoms with Crippen LogP contribution in [0.1, 0.15) is 58.8 Å². The largest absolute Gasteiger partial charge is 0.356 e. The summed E-state index contributed by atoms with van der Waals surface area (Å²) in [6.45, 7) is 5.25. The molecule has 1 saturated carbocycles. The van der Waals surface area contributed by atoms with Gasteiger partial charge in [0.2, 0.25) is 5.91 Å². The standard InChI is InChI=1S/C14H26ClNO/c1-14(2)9-7-8-12(14)13(17)16-11-6-4-3-5-10-15/h12H,3-11H2,1-2H3,(H,16,17). The van der Waals surface area contributed by atoms with E-state index >= 15 is 0 Å². The van der Waals surface area contributed by atoms with Crippen LogP contribution in [-0.4, -0.2) is 18.3 Å². The zero-order chi connectivity index (χ0) is 12.7. The Morgan fingerprint density at radius 3 is 2.59 bits per heavy atom. The minimum absolute atomic E-state index is 0.197. The third-order valence-corrected chi connectivity index (χ3v) is 4.20. The third kappa shape index (κ3) is 4.87. The molecule has 1 unspecified atom stereocenters. The van der Waals surface area contributed by atoms with Crippen molar-refractivity contribution in [1.29, 1.82) is 0 Å². The van der Waals surface area contributed by atoms with Gasteiger partial charge in [0.25, 0.3) is 0 Å². The molecule has 0 heterocycles. The van der Waals surface area contributed by atoms with Gasteiger partial charge >= 0.3 is 0 Å². The van der Waals surface area contributed by atoms with E-state index in [-0.39, 0.29) is 17.2 Å². The maximum absolute atomic E-state index is 12.0. The van der Waals surface area contributed by atoms with Gasteiger partial charge in [-0.25, -0.2) is 0 Å². The molecule has 0 saturated heterocycles. The predicted octanol–water partition coefficient (Wildman–Crippen LogP) is 3.73. The van der Waals surface area contributed by atoms with Crippen molar-refractivity contribution in [1.82, 2.24) is 5.32 Å². The normalized spacial score (nSPS) is 22.6. The molecule has 100 valence electrons. The second-order valence-corrected chi connectivity index (χ2v) is 6.21. The minimum Gasteiger partial charge on any atom is -0.356 e. The van der Waals surface area contributed by atoms with Gasteiger partial charge < -0.3 is 5.32 Å². The Kier molecular flexibility index (Phi) is 6.32. The van der Waals surface area contributed by atoms with E-state index in [1.807, 2.05) is 0 Å². The van der Waals surface area contributed by atoms with Gasteiger partial charge in [0.1, 0.15) is 0 Å². The maximum Gasteiger partial charge on any atom is 0.223 e. The van der Waals surface area contributed by atoms with Crippen molar-refractivity contribution in [3.63, 3.8) is 0 Å². The fourth-order valence-corrected chi connectivity index (χ4v) is 2.91. The Hall–Kier alpha value is -0.240. The first kappa shape index (κ1) is 14.8. The number of rotatable bonds is 7. The summed E-state index contributed by atoms with van der Waals surface area (Å²) in [6.07, 6.45) is 7.95. The number of amides is 1. The van der Waals surface area contributed by atoms with E-state index in [1.54, 1.807) is 0 Å². The first-order valence-electron chi connectivity index (χ1n) is 6.91. The van der Waals surface area contributed by atoms with Crippen molar-refractivity contribution in [3.8, 4) is 0 Å². The zero-order valence-corrected chi connectivity index (χ0v) is 12.0. The molecule has 0 aromatic carbocycles. The van der Waals surface area contributed by atoms with Crippen LogP contribution >= 0.6 is 11.6 Å². The lowest BCUT2D eigenvalue weighted by atomic mass is 9.81. The summed E-state index contributed by atoms with van der Waals surface area (Å²) in [6, 6.07) is 0. The molecule has 0 aliphatic heterocycles. The molecule has 1 aliphatic carbocycles. The van der Waals surface area contributed by atoms with Gasteiger partial charge in [-0.15, -0.1) is 11.6 Å². The average Bonchev–Trinajstić information content (AvgIpc) is 2.63. The van der Waals surface area contributed by atoms with E-state index in [4.69, 9.17) is 11.6 Å². The summed E-state index contributed by atoms with van der Waals surface area (Å²) in [5.74, 6) is 1.25. The third-order valence-electron chi connectivity index (χ3n) is 3.93. The summed E-state index contributed by atoms with van der Waals surface area (Å²) >= 11 is 5.61. The van der Waals surface area contributed by atoms with Crippen molar-refractivity contribution in [2.75, 3.05) is 12.4 Å². The van der Waals surface area contributed by atoms with Crippen LogP contribution in [0.4, 0.5) is 0 Å². The highest BCUT2D eigenvalue weighted by molar-refractivity contribution is 6.17. The van der Waals surface area contributed by atoms with Crippen LogP contribution < -0.4 is 5.32 Å². The number of nitrogens with one attached hydrogen (secondary N) is 1. The molecule has 0 aromatic rings. The van der Waals surface area contributed by atoms with Gasteiger partial charge in [-0.3, -0.25) is 4.79 Å². The van der Waals surface area contributed by atoms with Gasteiger partial charge in [-0.2, -0.15) is 0 Å². The number of carbonyl (C=O) groups excluding carboxylic acids is 1. The summed E-state index contributed by atoms with van der Waals surface area (Å²) in [4.78, 5) is 12.0. The lowest BCUT2D eigenvalue weighted by Crippen LogP contribution is -2.36. The van der Waals surface area contributed by atoms with E-state index in [1.165, 1.54) is 25.7 Å². The molecular formula is C14H26ClNO. The maximum atomic E-state index is 12.0. The highest BCUT2D eigenvalue weighted by Crippen LogP contribution is 2.42. The molecule has 1 rings (SSSR count). The molecule has 17 heavy (non-hydrogen) atoms. The fourth-order valence-electron chi connectivity index (χ4n) is 2.72. The SMILES string of the molecule is CC1(C)CCCC1C(=O)NCCCCCCCl. The molecule has 0 aromatic heterocycles. The number of halogens is 1. The highest BCUT2D eigenvalue weighted by Gasteiger charge is 2.38. The van der Waals surface area contributed by atoms with Crippen molar-refractivity contribution in [3.05, 3.63) is 0 Å². The first-order valence-corrected chi connectivity index (χ1v) is 7.45. The monoisotopic (exact) mass is 259 g/mol. The number of carbonyl (C=O) groups is 1. The number of hydrogen-bond acceptors (Lipinski definition) is 1. The second-order valence-electron chi connectivity index (χ2n) is 5.83. The van der Waals surface area contributed by atoms with Gasteiger partial charge in [-0.1, -0.05) is 33.1 Å². The molecule has 2 nitrogen and oxygen atoms in total. The van der Waals surface area contributed by atoms with Crippen LogP contribution in [0.2, 0.25) is 0 Å². The number of hydrogen-bond donors (Lipinski definition) is 1. The molecule has 1 atom stereocenters. The Labute approximate surface area is 110 Å². The van der Waals surface area contributed by atoms with E-state index in [0.29, 0.717) is 0 Å². The van der Waals surface area contributed by atoms with Crippen LogP contribution in [0.5, 0.6) is 0 Å². The summed E-state index contributed by atoms with van der Waals surface area (Å²) < 4.78 is 0. The van der Waals surface area contributed by atoms with Crippen molar-refractivity contribution >= 4 is 17.5 Å². The van der Waals surface area contributed by atoms with Crippen LogP contribution in [0.15, 0.2) is 0 Å². The second kappa shape index (κ2) is 7.25. The molecule has 0 radical (unpaired) electrons. The summed E-state index contributed by atoms with van der Waals surface area (Å²) in [7, 11) is 0. The quantitative estimate of drug-likeness (QED) is 0.548. The first-order chi connectivity index (χ1) is 8.08. The van der Waals surface area contributed by atoms with Crippen molar-refractivity contribution < 1.29 is 4.79 Å². The van der Waals surface area contributed by atoms with Crippen LogP contribution in [0.3, 0.4) is 0 Å². The molecular weight excluding hydrogens is 234 g/mol. The highest BCUT2D eigenvalue weighted by atomic mass is 35.5. The van der Waals surface area contributed by atoms with E-state index in [2.05, 4.69) is 19.2 Å².